The van der Waals surface area contributed by atoms with Gasteiger partial charge in [-0.2, -0.15) is 0 Å². The lowest BCUT2D eigenvalue weighted by Crippen LogP contribution is -2.37. The van der Waals surface area contributed by atoms with E-state index >= 15 is 0 Å². The second-order valence-corrected chi connectivity index (χ2v) is 9.44. The predicted octanol–water partition coefficient (Wildman–Crippen LogP) is 4.85. The van der Waals surface area contributed by atoms with E-state index in [0.29, 0.717) is 29.1 Å². The van der Waals surface area contributed by atoms with Crippen LogP contribution in [0.2, 0.25) is 0 Å². The highest BCUT2D eigenvalue weighted by molar-refractivity contribution is 7.10. The highest BCUT2D eigenvalue weighted by Gasteiger charge is 2.41. The van der Waals surface area contributed by atoms with E-state index in [2.05, 4.69) is 26.7 Å². The second kappa shape index (κ2) is 8.75. The summed E-state index contributed by atoms with van der Waals surface area (Å²) in [5.74, 6) is -0.133. The monoisotopic (exact) mass is 456 g/mol. The molecule has 0 fully saturated rings. The Morgan fingerprint density at radius 2 is 1.97 bits per heavy atom. The van der Waals surface area contributed by atoms with E-state index in [0.717, 1.165) is 23.4 Å². The number of thiophene rings is 1. The molecule has 7 heteroatoms. The second-order valence-electron chi connectivity index (χ2n) is 8.46. The number of hydrogen-bond donors (Lipinski definition) is 2. The first-order valence-corrected chi connectivity index (χ1v) is 11.8. The Hall–Kier alpha value is -3.58. The number of nitrogens with one attached hydrogen (secondary N) is 2. The number of dihydropyridines is 1. The number of rotatable bonds is 4. The third-order valence-electron chi connectivity index (χ3n) is 6.15. The molecule has 2 unspecified atom stereocenters. The molecule has 1 aliphatic carbocycles. The minimum atomic E-state index is -0.523. The molecule has 0 bridgehead atoms. The van der Waals surface area contributed by atoms with Gasteiger partial charge in [-0.1, -0.05) is 18.2 Å². The number of ketones is 1. The lowest BCUT2D eigenvalue weighted by Gasteiger charge is -2.36. The van der Waals surface area contributed by atoms with Crippen molar-refractivity contribution in [3.05, 3.63) is 98.9 Å². The highest BCUT2D eigenvalue weighted by atomic mass is 32.1. The molecule has 1 amide bonds. The van der Waals surface area contributed by atoms with Crippen LogP contribution in [0.4, 0.5) is 5.82 Å². The summed E-state index contributed by atoms with van der Waals surface area (Å²) in [6.45, 7) is 3.83. The minimum Gasteiger partial charge on any atom is -0.362 e. The molecular weight excluding hydrogens is 432 g/mol. The summed E-state index contributed by atoms with van der Waals surface area (Å²) in [5.41, 5.74) is 4.47. The van der Waals surface area contributed by atoms with Crippen LogP contribution in [0.1, 0.15) is 47.7 Å². The van der Waals surface area contributed by atoms with Crippen molar-refractivity contribution in [2.75, 3.05) is 5.32 Å². The molecule has 3 aromatic heterocycles. The number of nitrogens with zero attached hydrogens (tertiary/aromatic N) is 2. The van der Waals surface area contributed by atoms with Crippen LogP contribution in [0.25, 0.3) is 0 Å². The number of carbonyl (C=O) groups excluding carboxylic acids is 2. The summed E-state index contributed by atoms with van der Waals surface area (Å²) in [4.78, 5) is 37.0. The van der Waals surface area contributed by atoms with Gasteiger partial charge < -0.3 is 10.6 Å². The van der Waals surface area contributed by atoms with Crippen molar-refractivity contribution in [1.82, 2.24) is 15.3 Å². The molecule has 0 spiro atoms. The third-order valence-corrected chi connectivity index (χ3v) is 7.19. The van der Waals surface area contributed by atoms with Gasteiger partial charge in [-0.15, -0.1) is 11.3 Å². The van der Waals surface area contributed by atoms with E-state index in [9.17, 15) is 9.59 Å². The van der Waals surface area contributed by atoms with Gasteiger partial charge in [-0.05, 0) is 55.5 Å². The van der Waals surface area contributed by atoms with E-state index < -0.39 is 5.92 Å². The molecule has 2 aliphatic rings. The zero-order chi connectivity index (χ0) is 22.9. The van der Waals surface area contributed by atoms with E-state index in [-0.39, 0.29) is 17.6 Å². The van der Waals surface area contributed by atoms with Crippen LogP contribution in [0.5, 0.6) is 0 Å². The number of carbonyl (C=O) groups is 2. The number of Topliss-reactive ketones (excluding diaryl/α,β-unsaturated/α-hetero) is 1. The Morgan fingerprint density at radius 1 is 1.09 bits per heavy atom. The number of aromatic nitrogens is 2. The van der Waals surface area contributed by atoms with Crippen molar-refractivity contribution >= 4 is 28.8 Å². The molecule has 166 valence electrons. The van der Waals surface area contributed by atoms with E-state index in [4.69, 9.17) is 0 Å². The van der Waals surface area contributed by atoms with E-state index in [1.165, 1.54) is 4.88 Å². The van der Waals surface area contributed by atoms with Crippen LogP contribution < -0.4 is 10.6 Å². The predicted molar refractivity (Wildman–Crippen MR) is 129 cm³/mol. The molecular formula is C26H24N4O2S. The van der Waals surface area contributed by atoms with Gasteiger partial charge in [0.25, 0.3) is 5.91 Å². The van der Waals surface area contributed by atoms with Gasteiger partial charge in [-0.3, -0.25) is 14.6 Å². The maximum Gasteiger partial charge on any atom is 0.255 e. The van der Waals surface area contributed by atoms with Crippen LogP contribution in [0, 0.1) is 6.92 Å². The van der Waals surface area contributed by atoms with Gasteiger partial charge in [0.2, 0.25) is 0 Å². The van der Waals surface area contributed by atoms with Crippen LogP contribution in [-0.4, -0.2) is 21.7 Å². The smallest absolute Gasteiger partial charge is 0.255 e. The number of hydrogen-bond acceptors (Lipinski definition) is 6. The van der Waals surface area contributed by atoms with Crippen molar-refractivity contribution in [3.8, 4) is 0 Å². The van der Waals surface area contributed by atoms with E-state index in [1.807, 2.05) is 49.6 Å². The summed E-state index contributed by atoms with van der Waals surface area (Å²) in [7, 11) is 0. The quantitative estimate of drug-likeness (QED) is 0.587. The van der Waals surface area contributed by atoms with Crippen LogP contribution >= 0.6 is 11.3 Å². The largest absolute Gasteiger partial charge is 0.362 e. The molecule has 33 heavy (non-hydrogen) atoms. The Labute approximate surface area is 196 Å². The van der Waals surface area contributed by atoms with Crippen LogP contribution in [0.3, 0.4) is 0 Å². The number of pyridine rings is 2. The van der Waals surface area contributed by atoms with E-state index in [1.54, 1.807) is 29.8 Å². The molecule has 0 saturated carbocycles. The van der Waals surface area contributed by atoms with Gasteiger partial charge in [0.1, 0.15) is 5.82 Å². The molecule has 0 radical (unpaired) electrons. The Morgan fingerprint density at radius 3 is 2.67 bits per heavy atom. The topological polar surface area (TPSA) is 84.0 Å². The van der Waals surface area contributed by atoms with Crippen molar-refractivity contribution in [1.29, 1.82) is 0 Å². The van der Waals surface area contributed by atoms with Crippen molar-refractivity contribution < 1.29 is 9.59 Å². The Balaban J connectivity index is 1.54. The van der Waals surface area contributed by atoms with Gasteiger partial charge in [0.15, 0.2) is 5.78 Å². The lowest BCUT2D eigenvalue weighted by atomic mass is 9.73. The Bertz CT molecular complexity index is 1260. The Kier molecular flexibility index (Phi) is 5.64. The molecule has 0 aromatic carbocycles. The van der Waals surface area contributed by atoms with Crippen molar-refractivity contribution in [2.45, 2.75) is 38.5 Å². The maximum atomic E-state index is 13.5. The molecule has 4 heterocycles. The molecule has 1 aliphatic heterocycles. The average Bonchev–Trinajstić information content (AvgIpc) is 3.35. The fourth-order valence-electron chi connectivity index (χ4n) is 4.63. The molecule has 3 aromatic rings. The molecule has 0 saturated heterocycles. The first kappa shape index (κ1) is 21.3. The standard InChI is InChI=1S/C26H24N4O2S/c1-15-8-9-22(28-14-15)30-26(32)23-16(2)29-19-12-17(21-7-5-11-33-21)13-20(31)24(19)25(23)18-6-3-4-10-27-18/h3-11,14,17,25,29H,12-13H2,1-2H3,(H,28,30,32). The normalized spacial score (nSPS) is 20.4. The number of anilines is 1. The molecule has 2 N–H and O–H groups in total. The van der Waals surface area contributed by atoms with Gasteiger partial charge in [0, 0.05) is 52.1 Å². The number of allylic oxidation sites excluding steroid dienone is 3. The fraction of sp³-hybridized carbons (Fsp3) is 0.231. The van der Waals surface area contributed by atoms with Gasteiger partial charge in [-0.25, -0.2) is 4.98 Å². The van der Waals surface area contributed by atoms with Gasteiger partial charge >= 0.3 is 0 Å². The fourth-order valence-corrected chi connectivity index (χ4v) is 5.46. The molecule has 6 nitrogen and oxygen atoms in total. The highest BCUT2D eigenvalue weighted by Crippen LogP contribution is 2.45. The minimum absolute atomic E-state index is 0.0593. The molecule has 2 atom stereocenters. The summed E-state index contributed by atoms with van der Waals surface area (Å²) < 4.78 is 0. The lowest BCUT2D eigenvalue weighted by molar-refractivity contribution is -0.116. The SMILES string of the molecule is CC1=C(C(=O)Nc2ccc(C)cn2)C(c2ccccn2)C2=C(CC(c3cccs3)CC2=O)N1. The first-order chi connectivity index (χ1) is 16.0. The summed E-state index contributed by atoms with van der Waals surface area (Å²) >= 11 is 1.68. The maximum absolute atomic E-state index is 13.5. The third kappa shape index (κ3) is 4.12. The zero-order valence-corrected chi connectivity index (χ0v) is 19.3. The van der Waals surface area contributed by atoms with Crippen LogP contribution in [0.15, 0.2) is 82.8 Å². The van der Waals surface area contributed by atoms with Crippen LogP contribution in [-0.2, 0) is 9.59 Å². The first-order valence-electron chi connectivity index (χ1n) is 10.9. The van der Waals surface area contributed by atoms with Crippen molar-refractivity contribution in [3.63, 3.8) is 0 Å². The summed E-state index contributed by atoms with van der Waals surface area (Å²) in [5, 5.41) is 8.35. The molecule has 5 rings (SSSR count). The zero-order valence-electron chi connectivity index (χ0n) is 18.5. The average molecular weight is 457 g/mol. The number of amides is 1. The number of aryl methyl sites for hydroxylation is 1. The summed E-state index contributed by atoms with van der Waals surface area (Å²) in [6, 6.07) is 13.4. The summed E-state index contributed by atoms with van der Waals surface area (Å²) in [6.07, 6.45) is 4.57. The van der Waals surface area contributed by atoms with Crippen molar-refractivity contribution in [2.24, 2.45) is 0 Å². The van der Waals surface area contributed by atoms with Gasteiger partial charge in [0.05, 0.1) is 11.6 Å².